The van der Waals surface area contributed by atoms with Crippen LogP contribution in [0.15, 0.2) is 42.5 Å². The first-order valence-electron chi connectivity index (χ1n) is 10.6. The number of amides is 1. The summed E-state index contributed by atoms with van der Waals surface area (Å²) in [7, 11) is 0. The molecule has 1 N–H and O–H groups in total. The molecule has 0 atom stereocenters. The molecule has 1 fully saturated rings. The molecule has 166 valence electrons. The van der Waals surface area contributed by atoms with Gasteiger partial charge in [0.1, 0.15) is 17.4 Å². The van der Waals surface area contributed by atoms with Crippen molar-refractivity contribution in [1.82, 2.24) is 19.7 Å². The van der Waals surface area contributed by atoms with Crippen LogP contribution >= 0.6 is 11.6 Å². The van der Waals surface area contributed by atoms with Crippen molar-refractivity contribution in [2.45, 2.75) is 50.8 Å². The molecule has 3 aromatic rings. The molecule has 1 aromatic heterocycles. The van der Waals surface area contributed by atoms with Gasteiger partial charge in [-0.3, -0.25) is 9.47 Å². The summed E-state index contributed by atoms with van der Waals surface area (Å²) in [5.74, 6) is 2.02. The molecule has 32 heavy (non-hydrogen) atoms. The van der Waals surface area contributed by atoms with Gasteiger partial charge in [0.15, 0.2) is 5.82 Å². The Morgan fingerprint density at radius 1 is 1.06 bits per heavy atom. The number of hydrogen-bond acceptors (Lipinski definition) is 4. The van der Waals surface area contributed by atoms with E-state index in [1.807, 2.05) is 10.6 Å². The van der Waals surface area contributed by atoms with Gasteiger partial charge in [-0.25, -0.2) is 9.18 Å². The molecule has 0 bridgehead atoms. The van der Waals surface area contributed by atoms with Crippen LogP contribution in [0.4, 0.5) is 9.18 Å². The van der Waals surface area contributed by atoms with Crippen LogP contribution in [0, 0.1) is 5.82 Å². The van der Waals surface area contributed by atoms with Gasteiger partial charge in [-0.15, -0.1) is 10.2 Å². The molecule has 2 heterocycles. The van der Waals surface area contributed by atoms with E-state index in [-0.39, 0.29) is 30.9 Å². The van der Waals surface area contributed by atoms with Crippen molar-refractivity contribution in [2.75, 3.05) is 0 Å². The van der Waals surface area contributed by atoms with Crippen LogP contribution in [0.5, 0.6) is 5.75 Å². The number of carboxylic acid groups (broad SMARTS) is 1. The number of aromatic nitrogens is 3. The fourth-order valence-electron chi connectivity index (χ4n) is 4.57. The zero-order valence-electron chi connectivity index (χ0n) is 17.2. The lowest BCUT2D eigenvalue weighted by Crippen LogP contribution is -2.28. The standard InChI is InChI=1S/C23H22ClFN4O3/c24-16-3-10-20-15(11-16)12-28(23(30)31)13-21-26-27-22(29(20)21)14-1-6-18(7-2-14)32-19-8-4-17(25)5-9-19/h3-5,8-11,14,18H,1-2,6-7,12-13H2,(H,30,31). The predicted molar refractivity (Wildman–Crippen MR) is 116 cm³/mol. The topological polar surface area (TPSA) is 80.5 Å². The second kappa shape index (κ2) is 8.43. The molecule has 0 spiro atoms. The maximum Gasteiger partial charge on any atom is 0.408 e. The lowest BCUT2D eigenvalue weighted by molar-refractivity contribution is 0.138. The van der Waals surface area contributed by atoms with Gasteiger partial charge >= 0.3 is 6.09 Å². The van der Waals surface area contributed by atoms with Crippen LogP contribution in [0.1, 0.15) is 48.8 Å². The molecule has 0 saturated heterocycles. The van der Waals surface area contributed by atoms with Gasteiger partial charge in [-0.2, -0.15) is 0 Å². The van der Waals surface area contributed by atoms with E-state index in [0.29, 0.717) is 16.6 Å². The van der Waals surface area contributed by atoms with Gasteiger partial charge in [0, 0.05) is 10.9 Å². The number of hydrogen-bond donors (Lipinski definition) is 1. The molecule has 2 aromatic carbocycles. The van der Waals surface area contributed by atoms with E-state index in [9.17, 15) is 14.3 Å². The van der Waals surface area contributed by atoms with Gasteiger partial charge in [-0.05, 0) is 73.7 Å². The summed E-state index contributed by atoms with van der Waals surface area (Å²) in [5, 5.41) is 19.0. The minimum atomic E-state index is -1.01. The SMILES string of the molecule is O=C(O)N1Cc2cc(Cl)ccc2-n2c(nnc2C2CCC(Oc3ccc(F)cc3)CC2)C1. The van der Waals surface area contributed by atoms with Crippen LogP contribution < -0.4 is 4.74 Å². The first-order valence-corrected chi connectivity index (χ1v) is 11.0. The van der Waals surface area contributed by atoms with Gasteiger partial charge < -0.3 is 9.84 Å². The van der Waals surface area contributed by atoms with Crippen LogP contribution in [0.3, 0.4) is 0 Å². The van der Waals surface area contributed by atoms with Gasteiger partial charge in [0.05, 0.1) is 24.9 Å². The quantitative estimate of drug-likeness (QED) is 0.589. The number of rotatable bonds is 3. The largest absolute Gasteiger partial charge is 0.490 e. The van der Waals surface area contributed by atoms with Crippen molar-refractivity contribution in [1.29, 1.82) is 0 Å². The lowest BCUT2D eigenvalue weighted by atomic mass is 9.86. The number of fused-ring (bicyclic) bond motifs is 3. The average Bonchev–Trinajstić information content (AvgIpc) is 3.11. The van der Waals surface area contributed by atoms with Gasteiger partial charge in [0.2, 0.25) is 0 Å². The molecular weight excluding hydrogens is 435 g/mol. The summed E-state index contributed by atoms with van der Waals surface area (Å²) >= 11 is 6.20. The van der Waals surface area contributed by atoms with Crippen LogP contribution in [0.25, 0.3) is 5.69 Å². The average molecular weight is 457 g/mol. The van der Waals surface area contributed by atoms with Crippen molar-refractivity contribution in [3.05, 3.63) is 70.5 Å². The molecule has 5 rings (SSSR count). The Kier molecular flexibility index (Phi) is 5.46. The summed E-state index contributed by atoms with van der Waals surface area (Å²) in [6.07, 6.45) is 2.49. The van der Waals surface area contributed by atoms with Crippen LogP contribution in [-0.2, 0) is 13.1 Å². The van der Waals surface area contributed by atoms with Gasteiger partial charge in [0.25, 0.3) is 0 Å². The zero-order valence-corrected chi connectivity index (χ0v) is 18.0. The van der Waals surface area contributed by atoms with Crippen molar-refractivity contribution in [3.8, 4) is 11.4 Å². The molecule has 2 aliphatic rings. The van der Waals surface area contributed by atoms with E-state index in [1.54, 1.807) is 24.3 Å². The van der Waals surface area contributed by atoms with Crippen molar-refractivity contribution in [3.63, 3.8) is 0 Å². The van der Waals surface area contributed by atoms with Crippen molar-refractivity contribution in [2.24, 2.45) is 0 Å². The fraction of sp³-hybridized carbons (Fsp3) is 0.348. The second-order valence-electron chi connectivity index (χ2n) is 8.27. The van der Waals surface area contributed by atoms with E-state index in [4.69, 9.17) is 16.3 Å². The van der Waals surface area contributed by atoms with E-state index >= 15 is 0 Å². The fourth-order valence-corrected chi connectivity index (χ4v) is 4.77. The van der Waals surface area contributed by atoms with Crippen molar-refractivity contribution < 1.29 is 19.0 Å². The summed E-state index contributed by atoms with van der Waals surface area (Å²) in [4.78, 5) is 13.0. The smallest absolute Gasteiger partial charge is 0.408 e. The maximum absolute atomic E-state index is 13.1. The Morgan fingerprint density at radius 3 is 2.53 bits per heavy atom. The minimum absolute atomic E-state index is 0.0665. The molecule has 1 amide bonds. The molecule has 7 nitrogen and oxygen atoms in total. The van der Waals surface area contributed by atoms with E-state index < -0.39 is 6.09 Å². The van der Waals surface area contributed by atoms with Gasteiger partial charge in [-0.1, -0.05) is 11.6 Å². The van der Waals surface area contributed by atoms with Crippen molar-refractivity contribution >= 4 is 17.7 Å². The Morgan fingerprint density at radius 2 is 1.81 bits per heavy atom. The Bertz CT molecular complexity index is 1140. The summed E-state index contributed by atoms with van der Waals surface area (Å²) < 4.78 is 21.1. The third-order valence-electron chi connectivity index (χ3n) is 6.16. The molecule has 1 saturated carbocycles. The number of nitrogens with zero attached hydrogens (tertiary/aromatic N) is 4. The first kappa shape index (κ1) is 20.8. The highest BCUT2D eigenvalue weighted by Crippen LogP contribution is 2.37. The van der Waals surface area contributed by atoms with E-state index in [0.717, 1.165) is 42.8 Å². The Labute approximate surface area is 189 Å². The highest BCUT2D eigenvalue weighted by molar-refractivity contribution is 6.30. The molecule has 1 aliphatic heterocycles. The molecule has 9 heteroatoms. The molecule has 0 unspecified atom stereocenters. The monoisotopic (exact) mass is 456 g/mol. The maximum atomic E-state index is 13.1. The second-order valence-corrected chi connectivity index (χ2v) is 8.70. The number of ether oxygens (including phenoxy) is 1. The van der Waals surface area contributed by atoms with E-state index in [2.05, 4.69) is 10.2 Å². The Balaban J connectivity index is 1.38. The number of benzene rings is 2. The molecule has 0 radical (unpaired) electrons. The Hall–Kier alpha value is -3.13. The number of carbonyl (C=O) groups is 1. The summed E-state index contributed by atoms with van der Waals surface area (Å²) in [6.45, 7) is 0.407. The van der Waals surface area contributed by atoms with Crippen LogP contribution in [0.2, 0.25) is 5.02 Å². The normalized spacial score (nSPS) is 20.2. The zero-order chi connectivity index (χ0) is 22.2. The van der Waals surface area contributed by atoms with Crippen LogP contribution in [-0.4, -0.2) is 37.0 Å². The highest BCUT2D eigenvalue weighted by Gasteiger charge is 2.32. The third-order valence-corrected chi connectivity index (χ3v) is 6.39. The highest BCUT2D eigenvalue weighted by atomic mass is 35.5. The summed E-state index contributed by atoms with van der Waals surface area (Å²) in [6, 6.07) is 11.6. The first-order chi connectivity index (χ1) is 15.5. The molecular formula is C23H22ClFN4O3. The third kappa shape index (κ3) is 4.02. The number of halogens is 2. The van der Waals surface area contributed by atoms with E-state index in [1.165, 1.54) is 17.0 Å². The predicted octanol–water partition coefficient (Wildman–Crippen LogP) is 5.16. The molecule has 1 aliphatic carbocycles. The summed E-state index contributed by atoms with van der Waals surface area (Å²) in [5.41, 5.74) is 1.70. The minimum Gasteiger partial charge on any atom is -0.490 e. The lowest BCUT2D eigenvalue weighted by Gasteiger charge is -2.29.